The smallest absolute Gasteiger partial charge is 0.229 e. The number of aliphatic hydroxyl groups is 1. The highest BCUT2D eigenvalue weighted by Gasteiger charge is 2.17. The van der Waals surface area contributed by atoms with E-state index >= 15 is 0 Å². The van der Waals surface area contributed by atoms with Crippen molar-refractivity contribution >= 4 is 52.2 Å². The van der Waals surface area contributed by atoms with Crippen LogP contribution in [0.3, 0.4) is 0 Å². The van der Waals surface area contributed by atoms with Gasteiger partial charge in [-0.25, -0.2) is 4.98 Å². The first-order valence-electron chi connectivity index (χ1n) is 14.1. The Morgan fingerprint density at radius 3 is 2.40 bits per heavy atom. The molecular formula is C31H43ClN6OS. The highest BCUT2D eigenvalue weighted by atomic mass is 35.5. The monoisotopic (exact) mass is 582 g/mol. The minimum Gasteiger partial charge on any atom is -0.516 e. The number of piperazine rings is 1. The highest BCUT2D eigenvalue weighted by molar-refractivity contribution is 8.00. The molecule has 0 radical (unpaired) electrons. The van der Waals surface area contributed by atoms with Crippen LogP contribution in [0.15, 0.2) is 72.5 Å². The molecule has 0 bridgehead atoms. The van der Waals surface area contributed by atoms with Crippen molar-refractivity contribution in [1.29, 1.82) is 0 Å². The van der Waals surface area contributed by atoms with Crippen LogP contribution in [0.25, 0.3) is 0 Å². The molecule has 1 aromatic heterocycles. The molecule has 0 amide bonds. The van der Waals surface area contributed by atoms with Crippen LogP contribution in [-0.2, 0) is 0 Å². The maximum absolute atomic E-state index is 7.33. The Bertz CT molecular complexity index is 1170. The molecule has 3 aromatic rings. The molecule has 1 aliphatic heterocycles. The third-order valence-corrected chi connectivity index (χ3v) is 7.79. The van der Waals surface area contributed by atoms with E-state index in [1.54, 1.807) is 18.0 Å². The fraction of sp³-hybridized carbons (Fsp3) is 0.419. The zero-order valence-corrected chi connectivity index (χ0v) is 25.5. The van der Waals surface area contributed by atoms with E-state index in [4.69, 9.17) is 16.7 Å². The maximum atomic E-state index is 7.33. The van der Waals surface area contributed by atoms with Crippen LogP contribution >= 0.6 is 23.4 Å². The Kier molecular flexibility index (Phi) is 13.4. The summed E-state index contributed by atoms with van der Waals surface area (Å²) in [4.78, 5) is 15.3. The van der Waals surface area contributed by atoms with Gasteiger partial charge in [0.15, 0.2) is 5.82 Å². The minimum absolute atomic E-state index is 0.475. The zero-order valence-electron chi connectivity index (χ0n) is 23.9. The van der Waals surface area contributed by atoms with Gasteiger partial charge >= 0.3 is 0 Å². The molecule has 9 heteroatoms. The van der Waals surface area contributed by atoms with E-state index in [9.17, 15) is 0 Å². The lowest BCUT2D eigenvalue weighted by molar-refractivity contribution is 0.252. The van der Waals surface area contributed by atoms with Gasteiger partial charge in [0.1, 0.15) is 5.02 Å². The molecule has 1 fully saturated rings. The summed E-state index contributed by atoms with van der Waals surface area (Å²) in [5.41, 5.74) is 3.19. The van der Waals surface area contributed by atoms with E-state index < -0.39 is 0 Å². The van der Waals surface area contributed by atoms with E-state index in [0.717, 1.165) is 48.7 Å². The largest absolute Gasteiger partial charge is 0.516 e. The van der Waals surface area contributed by atoms with Crippen LogP contribution in [0.1, 0.15) is 46.5 Å². The quantitative estimate of drug-likeness (QED) is 0.111. The number of nitrogens with zero attached hydrogens (tertiary/aromatic N) is 4. The van der Waals surface area contributed by atoms with Gasteiger partial charge in [0.25, 0.3) is 0 Å². The van der Waals surface area contributed by atoms with E-state index in [-0.39, 0.29) is 0 Å². The van der Waals surface area contributed by atoms with Gasteiger partial charge in [0.2, 0.25) is 5.95 Å². The van der Waals surface area contributed by atoms with Gasteiger partial charge in [-0.1, -0.05) is 70.3 Å². The number of thioether (sulfide) groups is 1. The summed E-state index contributed by atoms with van der Waals surface area (Å²) in [6, 6.07) is 16.7. The van der Waals surface area contributed by atoms with Gasteiger partial charge in [0.05, 0.1) is 18.1 Å². The molecule has 0 unspecified atom stereocenters. The SMILES string of the molecule is C=CO.CCCCCCN1CCN(c2ccc(Nc3ncc(Cl)c(Nc4ccccc4SC(C)C)n3)cc2)CC1. The zero-order chi connectivity index (χ0) is 28.7. The molecule has 4 rings (SSSR count). The fourth-order valence-electron chi connectivity index (χ4n) is 4.45. The minimum atomic E-state index is 0.475. The molecule has 0 spiro atoms. The van der Waals surface area contributed by atoms with Gasteiger partial charge in [-0.15, -0.1) is 11.8 Å². The van der Waals surface area contributed by atoms with Gasteiger partial charge in [-0.05, 0) is 49.4 Å². The standard InChI is InChI=1S/C29H39ClN6S.C2H4O/c1-4-5-6-9-16-35-17-19-36(20-18-35)24-14-12-23(13-15-24)32-29-31-21-25(30)28(34-29)33-26-10-7-8-11-27(26)37-22(2)3;1-2-3/h7-8,10-15,21-22H,4-6,9,16-20H2,1-3H3,(H2,31,32,33,34);2-3H,1H2. The Hall–Kier alpha value is -2.94. The number of hydrogen-bond donors (Lipinski definition) is 3. The first-order valence-corrected chi connectivity index (χ1v) is 15.3. The van der Waals surface area contributed by atoms with Gasteiger partial charge in [0, 0.05) is 47.7 Å². The Morgan fingerprint density at radius 1 is 1.02 bits per heavy atom. The van der Waals surface area contributed by atoms with Crippen molar-refractivity contribution in [3.8, 4) is 0 Å². The third-order valence-electron chi connectivity index (χ3n) is 6.44. The fourth-order valence-corrected chi connectivity index (χ4v) is 5.50. The lowest BCUT2D eigenvalue weighted by Crippen LogP contribution is -2.46. The van der Waals surface area contributed by atoms with Crippen LogP contribution in [0.4, 0.5) is 28.8 Å². The van der Waals surface area contributed by atoms with Gasteiger partial charge < -0.3 is 20.6 Å². The van der Waals surface area contributed by atoms with Crippen molar-refractivity contribution in [3.63, 3.8) is 0 Å². The summed E-state index contributed by atoms with van der Waals surface area (Å²) in [5.74, 6) is 1.09. The van der Waals surface area contributed by atoms with Crippen LogP contribution in [0, 0.1) is 0 Å². The number of aliphatic hydroxyl groups excluding tert-OH is 1. The van der Waals surface area contributed by atoms with Crippen molar-refractivity contribution in [2.24, 2.45) is 0 Å². The van der Waals surface area contributed by atoms with Crippen LogP contribution in [-0.4, -0.2) is 57.9 Å². The number of unbranched alkanes of at least 4 members (excludes halogenated alkanes) is 3. The second kappa shape index (κ2) is 17.0. The number of aromatic nitrogens is 2. The highest BCUT2D eigenvalue weighted by Crippen LogP contribution is 2.33. The Labute approximate surface area is 249 Å². The van der Waals surface area contributed by atoms with Crippen molar-refractivity contribution in [2.45, 2.75) is 56.6 Å². The summed E-state index contributed by atoms with van der Waals surface area (Å²) < 4.78 is 0. The molecule has 7 nitrogen and oxygen atoms in total. The molecule has 2 aromatic carbocycles. The molecule has 1 saturated heterocycles. The second-order valence-corrected chi connectivity index (χ2v) is 11.9. The number of para-hydroxylation sites is 1. The molecule has 1 aliphatic rings. The topological polar surface area (TPSA) is 76.6 Å². The van der Waals surface area contributed by atoms with Crippen molar-refractivity contribution in [3.05, 3.63) is 72.6 Å². The van der Waals surface area contributed by atoms with E-state index in [0.29, 0.717) is 22.0 Å². The first-order chi connectivity index (χ1) is 19.4. The summed E-state index contributed by atoms with van der Waals surface area (Å²) in [6.07, 6.45) is 7.71. The number of halogens is 1. The molecule has 0 aliphatic carbocycles. The molecule has 0 atom stereocenters. The normalized spacial score (nSPS) is 13.5. The molecule has 3 N–H and O–H groups in total. The lowest BCUT2D eigenvalue weighted by atomic mass is 10.2. The third kappa shape index (κ3) is 10.2. The number of hydrogen-bond acceptors (Lipinski definition) is 8. The summed E-state index contributed by atoms with van der Waals surface area (Å²) >= 11 is 8.24. The second-order valence-electron chi connectivity index (χ2n) is 9.92. The van der Waals surface area contributed by atoms with Crippen LogP contribution in [0.5, 0.6) is 0 Å². The lowest BCUT2D eigenvalue weighted by Gasteiger charge is -2.36. The molecule has 0 saturated carbocycles. The summed E-state index contributed by atoms with van der Waals surface area (Å²) in [6.45, 7) is 15.2. The van der Waals surface area contributed by atoms with Crippen LogP contribution in [0.2, 0.25) is 5.02 Å². The molecule has 216 valence electrons. The van der Waals surface area contributed by atoms with Gasteiger partial charge in [-0.3, -0.25) is 4.90 Å². The van der Waals surface area contributed by atoms with Crippen LogP contribution < -0.4 is 15.5 Å². The Morgan fingerprint density at radius 2 is 1.73 bits per heavy atom. The first kappa shape index (κ1) is 31.6. The summed E-state index contributed by atoms with van der Waals surface area (Å²) in [7, 11) is 0. The van der Waals surface area contributed by atoms with Crippen molar-refractivity contribution < 1.29 is 5.11 Å². The number of nitrogens with one attached hydrogen (secondary N) is 2. The van der Waals surface area contributed by atoms with Crippen molar-refractivity contribution in [1.82, 2.24) is 14.9 Å². The number of anilines is 5. The Balaban J connectivity index is 0.00000141. The average Bonchev–Trinajstić information content (AvgIpc) is 2.95. The average molecular weight is 583 g/mol. The molecule has 40 heavy (non-hydrogen) atoms. The van der Waals surface area contributed by atoms with E-state index in [1.807, 2.05) is 18.2 Å². The maximum Gasteiger partial charge on any atom is 0.229 e. The molecular weight excluding hydrogens is 540 g/mol. The van der Waals surface area contributed by atoms with Gasteiger partial charge in [-0.2, -0.15) is 4.98 Å². The van der Waals surface area contributed by atoms with E-state index in [2.05, 4.69) is 88.1 Å². The molecule has 2 heterocycles. The number of rotatable bonds is 12. The number of benzene rings is 2. The summed E-state index contributed by atoms with van der Waals surface area (Å²) in [5, 5.41) is 15.0. The predicted molar refractivity (Wildman–Crippen MR) is 173 cm³/mol. The van der Waals surface area contributed by atoms with Crippen molar-refractivity contribution in [2.75, 3.05) is 48.3 Å². The predicted octanol–water partition coefficient (Wildman–Crippen LogP) is 8.51. The van der Waals surface area contributed by atoms with E-state index in [1.165, 1.54) is 37.9 Å².